The van der Waals surface area contributed by atoms with E-state index in [-0.39, 0.29) is 4.90 Å². The number of benzene rings is 1. The molecule has 1 aromatic rings. The Morgan fingerprint density at radius 2 is 1.94 bits per heavy atom. The Balaban J connectivity index is 2.91. The lowest BCUT2D eigenvalue weighted by Crippen LogP contribution is -2.37. The van der Waals surface area contributed by atoms with E-state index in [9.17, 15) is 13.2 Å². The van der Waals surface area contributed by atoms with Gasteiger partial charge in [-0.2, -0.15) is 4.72 Å². The zero-order chi connectivity index (χ0) is 12.2. The van der Waals surface area contributed by atoms with Crippen molar-refractivity contribution in [1.29, 1.82) is 0 Å². The first-order valence-electron chi connectivity index (χ1n) is 4.55. The molecule has 0 heterocycles. The highest BCUT2D eigenvalue weighted by Crippen LogP contribution is 2.07. The number of Topliss-reactive ketones (excluding diaryl/α,β-unsaturated/α-hetero) is 1. The predicted molar refractivity (Wildman–Crippen MR) is 60.1 cm³/mol. The Morgan fingerprint density at radius 1 is 1.38 bits per heavy atom. The highest BCUT2D eigenvalue weighted by Gasteiger charge is 2.20. The molecule has 5 heteroatoms. The van der Waals surface area contributed by atoms with Crippen molar-refractivity contribution in [3.63, 3.8) is 0 Å². The Hall–Kier alpha value is -1.64. The van der Waals surface area contributed by atoms with Crippen molar-refractivity contribution in [2.24, 2.45) is 0 Å². The SMILES string of the molecule is C#CC(=O)[C@H](C)NS(=O)(=O)c1ccccc1. The van der Waals surface area contributed by atoms with Crippen LogP contribution in [-0.4, -0.2) is 20.2 Å². The molecule has 1 atom stereocenters. The number of nitrogens with one attached hydrogen (secondary N) is 1. The highest BCUT2D eigenvalue weighted by atomic mass is 32.2. The van der Waals surface area contributed by atoms with Gasteiger partial charge < -0.3 is 0 Å². The van der Waals surface area contributed by atoms with Crippen LogP contribution in [0.2, 0.25) is 0 Å². The number of carbonyl (C=O) groups is 1. The summed E-state index contributed by atoms with van der Waals surface area (Å²) in [7, 11) is -3.68. The quantitative estimate of drug-likeness (QED) is 0.614. The van der Waals surface area contributed by atoms with E-state index in [1.54, 1.807) is 18.2 Å². The molecule has 0 amide bonds. The average molecular weight is 237 g/mol. The van der Waals surface area contributed by atoms with Crippen molar-refractivity contribution in [1.82, 2.24) is 4.72 Å². The van der Waals surface area contributed by atoms with Crippen molar-refractivity contribution in [3.8, 4) is 12.3 Å². The van der Waals surface area contributed by atoms with Crippen LogP contribution < -0.4 is 4.72 Å². The zero-order valence-corrected chi connectivity index (χ0v) is 9.49. The summed E-state index contributed by atoms with van der Waals surface area (Å²) in [5.41, 5.74) is 0. The summed E-state index contributed by atoms with van der Waals surface area (Å²) in [5.74, 6) is 1.28. The second-order valence-electron chi connectivity index (χ2n) is 3.16. The number of ketones is 1. The molecule has 1 N–H and O–H groups in total. The second kappa shape index (κ2) is 4.92. The molecule has 4 nitrogen and oxygen atoms in total. The molecular weight excluding hydrogens is 226 g/mol. The minimum Gasteiger partial charge on any atom is -0.283 e. The maximum absolute atomic E-state index is 11.7. The van der Waals surface area contributed by atoms with Gasteiger partial charge in [0.15, 0.2) is 0 Å². The molecule has 0 aliphatic carbocycles. The van der Waals surface area contributed by atoms with E-state index in [1.807, 2.05) is 5.92 Å². The monoisotopic (exact) mass is 237 g/mol. The lowest BCUT2D eigenvalue weighted by molar-refractivity contribution is -0.114. The molecule has 0 aliphatic rings. The summed E-state index contributed by atoms with van der Waals surface area (Å²) >= 11 is 0. The summed E-state index contributed by atoms with van der Waals surface area (Å²) in [6.07, 6.45) is 4.90. The first-order valence-corrected chi connectivity index (χ1v) is 6.03. The lowest BCUT2D eigenvalue weighted by Gasteiger charge is -2.10. The third-order valence-corrected chi connectivity index (χ3v) is 3.48. The fraction of sp³-hybridized carbons (Fsp3) is 0.182. The Kier molecular flexibility index (Phi) is 3.82. The lowest BCUT2D eigenvalue weighted by atomic mass is 10.2. The Bertz CT molecular complexity index is 514. The van der Waals surface area contributed by atoms with Crippen LogP contribution in [-0.2, 0) is 14.8 Å². The normalized spacial score (nSPS) is 12.8. The van der Waals surface area contributed by atoms with E-state index in [1.165, 1.54) is 19.1 Å². The second-order valence-corrected chi connectivity index (χ2v) is 4.88. The van der Waals surface area contributed by atoms with Gasteiger partial charge in [-0.1, -0.05) is 18.2 Å². The van der Waals surface area contributed by atoms with Gasteiger partial charge in [0.05, 0.1) is 10.9 Å². The molecular formula is C11H11NO3S. The molecule has 0 saturated carbocycles. The van der Waals surface area contributed by atoms with Crippen LogP contribution in [0.3, 0.4) is 0 Å². The number of rotatable bonds is 4. The molecule has 0 aliphatic heterocycles. The first-order chi connectivity index (χ1) is 7.47. The third-order valence-electron chi connectivity index (χ3n) is 1.92. The molecule has 0 unspecified atom stereocenters. The van der Waals surface area contributed by atoms with Crippen molar-refractivity contribution in [2.75, 3.05) is 0 Å². The molecule has 0 saturated heterocycles. The van der Waals surface area contributed by atoms with Crippen LogP contribution in [0.25, 0.3) is 0 Å². The van der Waals surface area contributed by atoms with E-state index in [0.717, 1.165) is 0 Å². The number of hydrogen-bond donors (Lipinski definition) is 1. The molecule has 1 rings (SSSR count). The van der Waals surface area contributed by atoms with Gasteiger partial charge in [-0.05, 0) is 25.0 Å². The number of carbonyl (C=O) groups excluding carboxylic acids is 1. The molecule has 16 heavy (non-hydrogen) atoms. The Morgan fingerprint density at radius 3 is 2.44 bits per heavy atom. The van der Waals surface area contributed by atoms with Crippen molar-refractivity contribution in [3.05, 3.63) is 30.3 Å². The van der Waals surface area contributed by atoms with Gasteiger partial charge in [0, 0.05) is 0 Å². The van der Waals surface area contributed by atoms with E-state index < -0.39 is 21.8 Å². The van der Waals surface area contributed by atoms with Crippen molar-refractivity contribution >= 4 is 15.8 Å². The number of hydrogen-bond acceptors (Lipinski definition) is 3. The smallest absolute Gasteiger partial charge is 0.241 e. The summed E-state index contributed by atoms with van der Waals surface area (Å²) in [4.78, 5) is 11.2. The minimum atomic E-state index is -3.68. The summed E-state index contributed by atoms with van der Waals surface area (Å²) in [6, 6.07) is 6.86. The largest absolute Gasteiger partial charge is 0.283 e. The standard InChI is InChI=1S/C11H11NO3S/c1-3-11(13)9(2)12-16(14,15)10-7-5-4-6-8-10/h1,4-9,12H,2H3/t9-/m0/s1. The van der Waals surface area contributed by atoms with Crippen LogP contribution in [0.5, 0.6) is 0 Å². The number of terminal acetylenes is 1. The molecule has 0 radical (unpaired) electrons. The maximum atomic E-state index is 11.7. The summed E-state index contributed by atoms with van der Waals surface area (Å²) < 4.78 is 25.7. The minimum absolute atomic E-state index is 0.103. The fourth-order valence-electron chi connectivity index (χ4n) is 1.08. The van der Waals surface area contributed by atoms with E-state index in [2.05, 4.69) is 4.72 Å². The maximum Gasteiger partial charge on any atom is 0.241 e. The van der Waals surface area contributed by atoms with Gasteiger partial charge in [0.2, 0.25) is 15.8 Å². The topological polar surface area (TPSA) is 63.2 Å². The molecule has 0 bridgehead atoms. The average Bonchev–Trinajstić information content (AvgIpc) is 2.28. The van der Waals surface area contributed by atoms with Crippen LogP contribution in [0.1, 0.15) is 6.92 Å². The van der Waals surface area contributed by atoms with Gasteiger partial charge in [-0.25, -0.2) is 8.42 Å². The van der Waals surface area contributed by atoms with Gasteiger partial charge in [-0.15, -0.1) is 6.42 Å². The van der Waals surface area contributed by atoms with Crippen molar-refractivity contribution in [2.45, 2.75) is 17.9 Å². The molecule has 0 fully saturated rings. The van der Waals surface area contributed by atoms with Crippen LogP contribution in [0, 0.1) is 12.3 Å². The third kappa shape index (κ3) is 2.92. The molecule has 1 aromatic carbocycles. The van der Waals surface area contributed by atoms with Crippen LogP contribution in [0.15, 0.2) is 35.2 Å². The molecule has 84 valence electrons. The van der Waals surface area contributed by atoms with Crippen LogP contribution in [0.4, 0.5) is 0 Å². The van der Waals surface area contributed by atoms with E-state index >= 15 is 0 Å². The van der Waals surface area contributed by atoms with Crippen molar-refractivity contribution < 1.29 is 13.2 Å². The first kappa shape index (κ1) is 12.4. The molecule has 0 spiro atoms. The van der Waals surface area contributed by atoms with E-state index in [4.69, 9.17) is 6.42 Å². The van der Waals surface area contributed by atoms with Gasteiger partial charge in [-0.3, -0.25) is 4.79 Å². The number of sulfonamides is 1. The predicted octanol–water partition coefficient (Wildman–Crippen LogP) is 0.556. The fourth-order valence-corrected chi connectivity index (χ4v) is 2.30. The van der Waals surface area contributed by atoms with Gasteiger partial charge >= 0.3 is 0 Å². The summed E-state index contributed by atoms with van der Waals surface area (Å²) in [5, 5.41) is 0. The molecule has 0 aromatic heterocycles. The van der Waals surface area contributed by atoms with Gasteiger partial charge in [0.25, 0.3) is 0 Å². The van der Waals surface area contributed by atoms with E-state index in [0.29, 0.717) is 0 Å². The zero-order valence-electron chi connectivity index (χ0n) is 8.67. The van der Waals surface area contributed by atoms with Gasteiger partial charge in [0.1, 0.15) is 0 Å². The summed E-state index contributed by atoms with van der Waals surface area (Å²) in [6.45, 7) is 1.41. The Labute approximate surface area is 94.7 Å². The highest BCUT2D eigenvalue weighted by molar-refractivity contribution is 7.89. The van der Waals surface area contributed by atoms with Crippen LogP contribution >= 0.6 is 0 Å².